The molecule has 0 aliphatic carbocycles. The number of amides is 1. The summed E-state index contributed by atoms with van der Waals surface area (Å²) in [5.74, 6) is -2.02. The lowest BCUT2D eigenvalue weighted by atomic mass is 9.97. The van der Waals surface area contributed by atoms with Crippen molar-refractivity contribution in [1.82, 2.24) is 4.90 Å². The monoisotopic (exact) mass is 270 g/mol. The number of rotatable bonds is 6. The first-order valence-electron chi connectivity index (χ1n) is 6.46. The van der Waals surface area contributed by atoms with Crippen LogP contribution < -0.4 is 5.73 Å². The van der Waals surface area contributed by atoms with Crippen molar-refractivity contribution in [2.24, 2.45) is 11.7 Å². The van der Waals surface area contributed by atoms with Gasteiger partial charge >= 0.3 is 0 Å². The Morgan fingerprint density at radius 2 is 1.79 bits per heavy atom. The predicted octanol–water partition coefficient (Wildman–Crippen LogP) is 1.95. The average molecular weight is 270 g/mol. The fourth-order valence-electron chi connectivity index (χ4n) is 2.04. The summed E-state index contributed by atoms with van der Waals surface area (Å²) in [6.45, 7) is 4.91. The maximum atomic E-state index is 13.6. The van der Waals surface area contributed by atoms with Crippen LogP contribution in [0.2, 0.25) is 0 Å². The van der Waals surface area contributed by atoms with Crippen molar-refractivity contribution in [3.05, 3.63) is 35.4 Å². The summed E-state index contributed by atoms with van der Waals surface area (Å²) < 4.78 is 27.1. The van der Waals surface area contributed by atoms with E-state index in [1.807, 2.05) is 13.8 Å². The molecular weight excluding hydrogens is 250 g/mol. The summed E-state index contributed by atoms with van der Waals surface area (Å²) in [5.41, 5.74) is 5.51. The van der Waals surface area contributed by atoms with Crippen LogP contribution in [-0.2, 0) is 11.2 Å². The third-order valence-corrected chi connectivity index (χ3v) is 3.22. The summed E-state index contributed by atoms with van der Waals surface area (Å²) in [5, 5.41) is 0. The van der Waals surface area contributed by atoms with E-state index in [-0.39, 0.29) is 24.4 Å². The molecule has 0 aliphatic heterocycles. The van der Waals surface area contributed by atoms with Gasteiger partial charge in [0.2, 0.25) is 5.91 Å². The predicted molar refractivity (Wildman–Crippen MR) is 70.5 cm³/mol. The van der Waals surface area contributed by atoms with Crippen LogP contribution in [0.25, 0.3) is 0 Å². The summed E-state index contributed by atoms with van der Waals surface area (Å²) in [7, 11) is 0. The number of nitrogens with zero attached hydrogens (tertiary/aromatic N) is 1. The van der Waals surface area contributed by atoms with E-state index in [0.717, 1.165) is 0 Å². The number of hydrogen-bond donors (Lipinski definition) is 1. The number of carbonyl (C=O) groups is 1. The molecule has 0 fully saturated rings. The zero-order valence-corrected chi connectivity index (χ0v) is 11.3. The van der Waals surface area contributed by atoms with Crippen LogP contribution in [0.15, 0.2) is 18.2 Å². The maximum absolute atomic E-state index is 13.6. The SMILES string of the molecule is CCN(CC)C(=O)C(CN)Cc1c(F)cccc1F. The van der Waals surface area contributed by atoms with Gasteiger partial charge in [-0.15, -0.1) is 0 Å². The van der Waals surface area contributed by atoms with E-state index < -0.39 is 17.6 Å². The molecule has 1 amide bonds. The molecule has 1 aromatic rings. The normalized spacial score (nSPS) is 12.3. The van der Waals surface area contributed by atoms with E-state index in [1.165, 1.54) is 18.2 Å². The minimum absolute atomic E-state index is 0.00958. The van der Waals surface area contributed by atoms with Crippen LogP contribution in [-0.4, -0.2) is 30.4 Å². The molecule has 0 aromatic heterocycles. The molecule has 0 saturated carbocycles. The molecule has 0 saturated heterocycles. The van der Waals surface area contributed by atoms with E-state index in [9.17, 15) is 13.6 Å². The standard InChI is InChI=1S/C14H20F2N2O/c1-3-18(4-2)14(19)10(9-17)8-11-12(15)6-5-7-13(11)16/h5-7,10H,3-4,8-9,17H2,1-2H3. The summed E-state index contributed by atoms with van der Waals surface area (Å²) >= 11 is 0. The van der Waals surface area contributed by atoms with E-state index >= 15 is 0 Å². The quantitative estimate of drug-likeness (QED) is 0.859. The summed E-state index contributed by atoms with van der Waals surface area (Å²) in [4.78, 5) is 13.8. The molecule has 1 unspecified atom stereocenters. The van der Waals surface area contributed by atoms with Gasteiger partial charge in [-0.05, 0) is 32.4 Å². The summed E-state index contributed by atoms with van der Waals surface area (Å²) in [6, 6.07) is 3.68. The van der Waals surface area contributed by atoms with Crippen LogP contribution in [0.4, 0.5) is 8.78 Å². The topological polar surface area (TPSA) is 46.3 Å². The zero-order chi connectivity index (χ0) is 14.4. The molecule has 0 bridgehead atoms. The Labute approximate surface area is 112 Å². The Morgan fingerprint density at radius 1 is 1.26 bits per heavy atom. The molecule has 1 rings (SSSR count). The van der Waals surface area contributed by atoms with Gasteiger partial charge in [-0.2, -0.15) is 0 Å². The Morgan fingerprint density at radius 3 is 2.21 bits per heavy atom. The van der Waals surface area contributed by atoms with E-state index in [4.69, 9.17) is 5.73 Å². The van der Waals surface area contributed by atoms with Crippen molar-refractivity contribution in [3.8, 4) is 0 Å². The third kappa shape index (κ3) is 3.73. The molecule has 0 spiro atoms. The fourth-order valence-corrected chi connectivity index (χ4v) is 2.04. The zero-order valence-electron chi connectivity index (χ0n) is 11.3. The first-order valence-corrected chi connectivity index (χ1v) is 6.46. The lowest BCUT2D eigenvalue weighted by Crippen LogP contribution is -2.40. The van der Waals surface area contributed by atoms with Crippen molar-refractivity contribution in [1.29, 1.82) is 0 Å². The highest BCUT2D eigenvalue weighted by Gasteiger charge is 2.24. The lowest BCUT2D eigenvalue weighted by Gasteiger charge is -2.24. The molecule has 3 nitrogen and oxygen atoms in total. The van der Waals surface area contributed by atoms with E-state index in [0.29, 0.717) is 13.1 Å². The Kier molecular flexibility index (Phi) is 5.89. The molecule has 106 valence electrons. The number of nitrogens with two attached hydrogens (primary N) is 1. The van der Waals surface area contributed by atoms with Crippen LogP contribution in [0, 0.1) is 17.6 Å². The highest BCUT2D eigenvalue weighted by atomic mass is 19.1. The van der Waals surface area contributed by atoms with E-state index in [2.05, 4.69) is 0 Å². The second-order valence-electron chi connectivity index (χ2n) is 4.35. The number of halogens is 2. The lowest BCUT2D eigenvalue weighted by molar-refractivity contribution is -0.134. The molecule has 0 radical (unpaired) electrons. The van der Waals surface area contributed by atoms with Crippen molar-refractivity contribution in [3.63, 3.8) is 0 Å². The number of benzene rings is 1. The van der Waals surface area contributed by atoms with Gasteiger partial charge in [-0.1, -0.05) is 6.07 Å². The van der Waals surface area contributed by atoms with Gasteiger partial charge in [-0.25, -0.2) is 8.78 Å². The van der Waals surface area contributed by atoms with Crippen LogP contribution >= 0.6 is 0 Å². The minimum Gasteiger partial charge on any atom is -0.343 e. The number of carbonyl (C=O) groups excluding carboxylic acids is 1. The first-order chi connectivity index (χ1) is 9.04. The highest BCUT2D eigenvalue weighted by Crippen LogP contribution is 2.18. The highest BCUT2D eigenvalue weighted by molar-refractivity contribution is 5.79. The fraction of sp³-hybridized carbons (Fsp3) is 0.500. The maximum Gasteiger partial charge on any atom is 0.227 e. The minimum atomic E-state index is -0.634. The first kappa shape index (κ1) is 15.6. The second-order valence-corrected chi connectivity index (χ2v) is 4.35. The van der Waals surface area contributed by atoms with Gasteiger partial charge in [0.1, 0.15) is 11.6 Å². The van der Waals surface area contributed by atoms with Crippen LogP contribution in [0.1, 0.15) is 19.4 Å². The smallest absolute Gasteiger partial charge is 0.227 e. The van der Waals surface area contributed by atoms with Crippen molar-refractivity contribution >= 4 is 5.91 Å². The molecule has 19 heavy (non-hydrogen) atoms. The number of hydrogen-bond acceptors (Lipinski definition) is 2. The average Bonchev–Trinajstić information content (AvgIpc) is 2.40. The van der Waals surface area contributed by atoms with E-state index in [1.54, 1.807) is 4.90 Å². The molecule has 0 aliphatic rings. The molecule has 0 heterocycles. The molecule has 2 N–H and O–H groups in total. The van der Waals surface area contributed by atoms with Gasteiger partial charge in [0.15, 0.2) is 0 Å². The Balaban J connectivity index is 2.91. The largest absolute Gasteiger partial charge is 0.343 e. The van der Waals surface area contributed by atoms with Gasteiger partial charge in [0.05, 0.1) is 5.92 Å². The molecule has 1 atom stereocenters. The Bertz CT molecular complexity index is 413. The third-order valence-electron chi connectivity index (χ3n) is 3.22. The van der Waals surface area contributed by atoms with Gasteiger partial charge in [-0.3, -0.25) is 4.79 Å². The summed E-state index contributed by atoms with van der Waals surface area (Å²) in [6.07, 6.45) is -0.00958. The molecular formula is C14H20F2N2O. The van der Waals surface area contributed by atoms with Crippen LogP contribution in [0.3, 0.4) is 0 Å². The van der Waals surface area contributed by atoms with Crippen molar-refractivity contribution in [2.75, 3.05) is 19.6 Å². The molecule has 1 aromatic carbocycles. The second kappa shape index (κ2) is 7.19. The van der Waals surface area contributed by atoms with Gasteiger partial charge in [0.25, 0.3) is 0 Å². The van der Waals surface area contributed by atoms with Gasteiger partial charge < -0.3 is 10.6 Å². The Hall–Kier alpha value is -1.49. The molecule has 5 heteroatoms. The van der Waals surface area contributed by atoms with Gasteiger partial charge in [0, 0.05) is 25.2 Å². The van der Waals surface area contributed by atoms with Crippen LogP contribution in [0.5, 0.6) is 0 Å². The van der Waals surface area contributed by atoms with Crippen molar-refractivity contribution in [2.45, 2.75) is 20.3 Å². The van der Waals surface area contributed by atoms with Crippen molar-refractivity contribution < 1.29 is 13.6 Å².